The van der Waals surface area contributed by atoms with Crippen LogP contribution in [0.5, 0.6) is 0 Å². The van der Waals surface area contributed by atoms with Gasteiger partial charge in [-0.1, -0.05) is 30.3 Å². The molecular weight excluding hydrogens is 376 g/mol. The lowest BCUT2D eigenvalue weighted by atomic mass is 10.1. The van der Waals surface area contributed by atoms with Gasteiger partial charge in [-0.15, -0.1) is 0 Å². The van der Waals surface area contributed by atoms with E-state index < -0.39 is 0 Å². The highest BCUT2D eigenvalue weighted by atomic mass is 16.2. The minimum atomic E-state index is -0.379. The molecule has 156 valence electrons. The van der Waals surface area contributed by atoms with Gasteiger partial charge in [0.1, 0.15) is 12.4 Å². The first-order chi connectivity index (χ1) is 14.5. The van der Waals surface area contributed by atoms with Crippen LogP contribution in [-0.2, 0) is 17.9 Å². The quantitative estimate of drug-likeness (QED) is 0.708. The van der Waals surface area contributed by atoms with Crippen LogP contribution in [0.4, 0.5) is 5.82 Å². The maximum absolute atomic E-state index is 12.8. The molecule has 0 aliphatic carbocycles. The summed E-state index contributed by atoms with van der Waals surface area (Å²) in [6.45, 7) is 6.34. The van der Waals surface area contributed by atoms with Gasteiger partial charge < -0.3 is 10.2 Å². The predicted molar refractivity (Wildman–Crippen MR) is 120 cm³/mol. The number of aryl methyl sites for hydroxylation is 2. The zero-order valence-corrected chi connectivity index (χ0v) is 17.6. The Morgan fingerprint density at radius 2 is 1.80 bits per heavy atom. The highest BCUT2D eigenvalue weighted by Crippen LogP contribution is 2.25. The first kappa shape index (κ1) is 20.1. The minimum absolute atomic E-state index is 0.0442. The molecule has 2 aromatic carbocycles. The van der Waals surface area contributed by atoms with Crippen molar-refractivity contribution in [1.29, 1.82) is 0 Å². The number of anilines is 1. The summed E-state index contributed by atoms with van der Waals surface area (Å²) < 4.78 is 1.47. The third-order valence-corrected chi connectivity index (χ3v) is 5.89. The van der Waals surface area contributed by atoms with Gasteiger partial charge in [0.05, 0.1) is 5.52 Å². The fourth-order valence-electron chi connectivity index (χ4n) is 4.03. The predicted octanol–water partition coefficient (Wildman–Crippen LogP) is 3.32. The lowest BCUT2D eigenvalue weighted by Gasteiger charge is -2.28. The van der Waals surface area contributed by atoms with Gasteiger partial charge in [0.25, 0.3) is 0 Å². The van der Waals surface area contributed by atoms with E-state index in [4.69, 9.17) is 0 Å². The van der Waals surface area contributed by atoms with Crippen molar-refractivity contribution in [2.75, 3.05) is 18.0 Å². The van der Waals surface area contributed by atoms with Crippen LogP contribution < -0.4 is 15.9 Å². The van der Waals surface area contributed by atoms with Crippen molar-refractivity contribution in [3.8, 4) is 0 Å². The summed E-state index contributed by atoms with van der Waals surface area (Å²) in [5.41, 5.74) is 3.83. The minimum Gasteiger partial charge on any atom is -0.356 e. The number of carbonyl (C=O) groups is 1. The molecule has 3 aromatic rings. The average Bonchev–Trinajstić information content (AvgIpc) is 2.77. The van der Waals surface area contributed by atoms with E-state index in [1.165, 1.54) is 22.1 Å². The van der Waals surface area contributed by atoms with Crippen LogP contribution in [0, 0.1) is 13.8 Å². The highest BCUT2D eigenvalue weighted by Gasteiger charge is 2.19. The fraction of sp³-hybridized carbons (Fsp3) is 0.375. The van der Waals surface area contributed by atoms with Gasteiger partial charge in [0.15, 0.2) is 0 Å². The van der Waals surface area contributed by atoms with E-state index in [1.54, 1.807) is 0 Å². The van der Waals surface area contributed by atoms with Gasteiger partial charge >= 0.3 is 5.69 Å². The Bertz CT molecular complexity index is 1130. The van der Waals surface area contributed by atoms with E-state index in [0.29, 0.717) is 6.54 Å². The molecule has 1 aliphatic heterocycles. The topological polar surface area (TPSA) is 67.2 Å². The van der Waals surface area contributed by atoms with E-state index in [-0.39, 0.29) is 18.1 Å². The lowest BCUT2D eigenvalue weighted by Crippen LogP contribution is -2.36. The Morgan fingerprint density at radius 3 is 2.57 bits per heavy atom. The highest BCUT2D eigenvalue weighted by molar-refractivity contribution is 5.90. The van der Waals surface area contributed by atoms with Crippen LogP contribution in [-0.4, -0.2) is 28.5 Å². The van der Waals surface area contributed by atoms with Gasteiger partial charge in [-0.3, -0.25) is 9.36 Å². The molecule has 0 spiro atoms. The second-order valence-corrected chi connectivity index (χ2v) is 8.06. The maximum Gasteiger partial charge on any atom is 0.350 e. The molecule has 0 atom stereocenters. The smallest absolute Gasteiger partial charge is 0.350 e. The van der Waals surface area contributed by atoms with Crippen LogP contribution in [0.2, 0.25) is 0 Å². The summed E-state index contributed by atoms with van der Waals surface area (Å²) in [6.07, 6.45) is 3.44. The van der Waals surface area contributed by atoms with Crippen LogP contribution in [0.3, 0.4) is 0 Å². The molecule has 0 radical (unpaired) electrons. The molecule has 1 aromatic heterocycles. The Labute approximate surface area is 176 Å². The number of nitrogens with zero attached hydrogens (tertiary/aromatic N) is 3. The number of hydrogen-bond acceptors (Lipinski definition) is 4. The summed E-state index contributed by atoms with van der Waals surface area (Å²) in [5.74, 6) is 0.537. The van der Waals surface area contributed by atoms with Gasteiger partial charge in [0.2, 0.25) is 5.91 Å². The molecule has 1 aliphatic rings. The average molecular weight is 405 g/mol. The lowest BCUT2D eigenvalue weighted by molar-refractivity contribution is -0.121. The molecule has 0 saturated carbocycles. The summed E-state index contributed by atoms with van der Waals surface area (Å²) in [6, 6.07) is 13.9. The number of carbonyl (C=O) groups excluding carboxylic acids is 1. The Balaban J connectivity index is 1.56. The van der Waals surface area contributed by atoms with Gasteiger partial charge in [-0.25, -0.2) is 4.79 Å². The third-order valence-electron chi connectivity index (χ3n) is 5.89. The Morgan fingerprint density at radius 1 is 1.03 bits per heavy atom. The van der Waals surface area contributed by atoms with E-state index in [9.17, 15) is 9.59 Å². The number of rotatable bonds is 5. The summed E-state index contributed by atoms with van der Waals surface area (Å²) in [5, 5.41) is 3.84. The largest absolute Gasteiger partial charge is 0.356 e. The normalized spacial score (nSPS) is 14.1. The van der Waals surface area contributed by atoms with E-state index >= 15 is 0 Å². The second-order valence-electron chi connectivity index (χ2n) is 8.06. The van der Waals surface area contributed by atoms with Crippen LogP contribution in [0.15, 0.2) is 47.3 Å². The number of hydrogen-bond donors (Lipinski definition) is 1. The Kier molecular flexibility index (Phi) is 5.84. The standard InChI is InChI=1S/C24H28N4O2/c1-17-10-11-19(14-18(17)2)15-25-22(29)16-28-21-9-5-4-8-20(21)23(26-24(28)30)27-12-6-3-7-13-27/h4-5,8-11,14H,3,6-7,12-13,15-16H2,1-2H3,(H,25,29). The third kappa shape index (κ3) is 4.22. The summed E-state index contributed by atoms with van der Waals surface area (Å²) in [4.78, 5) is 32.0. The maximum atomic E-state index is 12.8. The molecule has 6 nitrogen and oxygen atoms in total. The number of nitrogens with one attached hydrogen (secondary N) is 1. The van der Waals surface area contributed by atoms with Crippen LogP contribution >= 0.6 is 0 Å². The number of benzene rings is 2. The molecule has 0 bridgehead atoms. The van der Waals surface area contributed by atoms with Crippen LogP contribution in [0.25, 0.3) is 10.9 Å². The van der Waals surface area contributed by atoms with E-state index in [0.717, 1.165) is 48.2 Å². The number of amides is 1. The Hall–Kier alpha value is -3.15. The second kappa shape index (κ2) is 8.69. The molecule has 1 saturated heterocycles. The molecule has 2 heterocycles. The van der Waals surface area contributed by atoms with Crippen molar-refractivity contribution >= 4 is 22.6 Å². The zero-order chi connectivity index (χ0) is 21.1. The molecule has 30 heavy (non-hydrogen) atoms. The molecule has 1 amide bonds. The summed E-state index contributed by atoms with van der Waals surface area (Å²) >= 11 is 0. The SMILES string of the molecule is Cc1ccc(CNC(=O)Cn2c(=O)nc(N3CCCCC3)c3ccccc32)cc1C. The van der Waals surface area contributed by atoms with Gasteiger partial charge in [-0.05, 0) is 61.9 Å². The van der Waals surface area contributed by atoms with E-state index in [2.05, 4.69) is 41.2 Å². The van der Waals surface area contributed by atoms with Gasteiger partial charge in [0, 0.05) is 25.0 Å². The number of fused-ring (bicyclic) bond motifs is 1. The molecule has 4 rings (SSSR count). The van der Waals surface area contributed by atoms with Crippen LogP contribution in [0.1, 0.15) is 36.0 Å². The zero-order valence-electron chi connectivity index (χ0n) is 17.6. The molecule has 0 unspecified atom stereocenters. The van der Waals surface area contributed by atoms with E-state index in [1.807, 2.05) is 30.3 Å². The van der Waals surface area contributed by atoms with Gasteiger partial charge in [-0.2, -0.15) is 4.98 Å². The monoisotopic (exact) mass is 404 g/mol. The molecule has 1 fully saturated rings. The first-order valence-corrected chi connectivity index (χ1v) is 10.6. The molecular formula is C24H28N4O2. The van der Waals surface area contributed by atoms with Crippen molar-refractivity contribution in [2.45, 2.75) is 46.2 Å². The summed E-state index contributed by atoms with van der Waals surface area (Å²) in [7, 11) is 0. The number of para-hydroxylation sites is 1. The fourth-order valence-corrected chi connectivity index (χ4v) is 4.03. The van der Waals surface area contributed by atoms with Crippen molar-refractivity contribution in [2.24, 2.45) is 0 Å². The van der Waals surface area contributed by atoms with Crippen molar-refractivity contribution in [3.63, 3.8) is 0 Å². The molecule has 6 heteroatoms. The number of aromatic nitrogens is 2. The van der Waals surface area contributed by atoms with Crippen molar-refractivity contribution < 1.29 is 4.79 Å². The molecule has 1 N–H and O–H groups in total. The first-order valence-electron chi connectivity index (χ1n) is 10.6. The number of piperidine rings is 1. The van der Waals surface area contributed by atoms with Crippen molar-refractivity contribution in [1.82, 2.24) is 14.9 Å². The van der Waals surface area contributed by atoms with Crippen molar-refractivity contribution in [3.05, 3.63) is 69.6 Å².